The molecule has 0 aromatic heterocycles. The quantitative estimate of drug-likeness (QED) is 0.736. The molecule has 1 N–H and O–H groups in total. The zero-order valence-electron chi connectivity index (χ0n) is 12.3. The van der Waals surface area contributed by atoms with Crippen LogP contribution in [-0.2, 0) is 14.3 Å². The molecule has 0 aliphatic carbocycles. The minimum atomic E-state index is -0.220. The molecule has 1 amide bonds. The number of amides is 1. The van der Waals surface area contributed by atoms with Crippen molar-refractivity contribution < 1.29 is 14.3 Å². The number of hydrogen-bond acceptors (Lipinski definition) is 4. The van der Waals surface area contributed by atoms with Crippen molar-refractivity contribution in [2.24, 2.45) is 5.92 Å². The van der Waals surface area contributed by atoms with E-state index in [-0.39, 0.29) is 23.8 Å². The normalized spacial score (nSPS) is 18.8. The second-order valence-corrected chi connectivity index (χ2v) is 5.25. The first kappa shape index (κ1) is 16.0. The third kappa shape index (κ3) is 5.19. The molecule has 0 aromatic rings. The van der Waals surface area contributed by atoms with E-state index >= 15 is 0 Å². The average molecular weight is 270 g/mol. The summed E-state index contributed by atoms with van der Waals surface area (Å²) in [5.41, 5.74) is 0. The van der Waals surface area contributed by atoms with E-state index in [0.717, 1.165) is 25.9 Å². The van der Waals surface area contributed by atoms with Crippen LogP contribution in [0, 0.1) is 5.92 Å². The number of nitrogens with zero attached hydrogens (tertiary/aromatic N) is 1. The molecule has 2 atom stereocenters. The summed E-state index contributed by atoms with van der Waals surface area (Å²) < 4.78 is 4.70. The summed E-state index contributed by atoms with van der Waals surface area (Å²) in [6, 6.07) is 0.0154. The lowest BCUT2D eigenvalue weighted by molar-refractivity contribution is -0.145. The van der Waals surface area contributed by atoms with Crippen molar-refractivity contribution in [3.8, 4) is 0 Å². The Morgan fingerprint density at radius 3 is 2.42 bits per heavy atom. The van der Waals surface area contributed by atoms with Gasteiger partial charge in [-0.15, -0.1) is 0 Å². The van der Waals surface area contributed by atoms with Gasteiger partial charge in [0.05, 0.1) is 13.0 Å². The third-order valence-corrected chi connectivity index (χ3v) is 3.84. The summed E-state index contributed by atoms with van der Waals surface area (Å²) in [6.07, 6.45) is 3.97. The highest BCUT2D eigenvalue weighted by atomic mass is 16.5. The van der Waals surface area contributed by atoms with Crippen molar-refractivity contribution in [1.29, 1.82) is 0 Å². The van der Waals surface area contributed by atoms with E-state index in [1.807, 2.05) is 18.7 Å². The van der Waals surface area contributed by atoms with Gasteiger partial charge in [-0.05, 0) is 26.2 Å². The van der Waals surface area contributed by atoms with Crippen LogP contribution >= 0.6 is 0 Å². The summed E-state index contributed by atoms with van der Waals surface area (Å²) in [5.74, 6) is -0.206. The highest BCUT2D eigenvalue weighted by molar-refractivity contribution is 5.76. The summed E-state index contributed by atoms with van der Waals surface area (Å²) in [4.78, 5) is 25.2. The molecule has 5 heteroatoms. The molecule has 2 unspecified atom stereocenters. The molecule has 0 aromatic carbocycles. The predicted octanol–water partition coefficient (Wildman–Crippen LogP) is 1.18. The van der Waals surface area contributed by atoms with Crippen LogP contribution in [0.15, 0.2) is 0 Å². The summed E-state index contributed by atoms with van der Waals surface area (Å²) in [7, 11) is 1.39. The Morgan fingerprint density at radius 2 is 1.84 bits per heavy atom. The molecule has 110 valence electrons. The number of methoxy groups -OCH3 is 1. The zero-order chi connectivity index (χ0) is 14.3. The van der Waals surface area contributed by atoms with Crippen LogP contribution in [0.2, 0.25) is 0 Å². The molecule has 0 radical (unpaired) electrons. The van der Waals surface area contributed by atoms with Crippen LogP contribution in [-0.4, -0.2) is 49.6 Å². The first-order valence-corrected chi connectivity index (χ1v) is 7.15. The molecule has 1 rings (SSSR count). The van der Waals surface area contributed by atoms with E-state index in [1.165, 1.54) is 13.5 Å². The van der Waals surface area contributed by atoms with Crippen molar-refractivity contribution in [2.45, 2.75) is 45.6 Å². The van der Waals surface area contributed by atoms with Crippen molar-refractivity contribution in [3.05, 3.63) is 0 Å². The largest absolute Gasteiger partial charge is 0.469 e. The molecular weight excluding hydrogens is 244 g/mol. The Balaban J connectivity index is 2.21. The number of nitrogens with one attached hydrogen (secondary N) is 1. The van der Waals surface area contributed by atoms with Gasteiger partial charge in [-0.2, -0.15) is 0 Å². The smallest absolute Gasteiger partial charge is 0.309 e. The lowest BCUT2D eigenvalue weighted by atomic mass is 10.0. The van der Waals surface area contributed by atoms with Crippen LogP contribution in [0.4, 0.5) is 0 Å². The van der Waals surface area contributed by atoms with Gasteiger partial charge in [0.1, 0.15) is 0 Å². The minimum absolute atomic E-state index is 0.0154. The van der Waals surface area contributed by atoms with Crippen LogP contribution in [0.25, 0.3) is 0 Å². The molecule has 1 saturated heterocycles. The lowest BCUT2D eigenvalue weighted by Gasteiger charge is -2.27. The number of carbonyl (C=O) groups is 2. The number of piperidine rings is 1. The van der Waals surface area contributed by atoms with Gasteiger partial charge in [-0.25, -0.2) is 0 Å². The lowest BCUT2D eigenvalue weighted by Crippen LogP contribution is -2.40. The number of rotatable bonds is 6. The molecule has 1 aliphatic rings. The summed E-state index contributed by atoms with van der Waals surface area (Å²) in [5, 5.41) is 3.22. The van der Waals surface area contributed by atoms with Gasteiger partial charge < -0.3 is 15.0 Å². The van der Waals surface area contributed by atoms with Gasteiger partial charge in [-0.1, -0.05) is 6.92 Å². The van der Waals surface area contributed by atoms with Crippen molar-refractivity contribution in [1.82, 2.24) is 10.2 Å². The van der Waals surface area contributed by atoms with Gasteiger partial charge in [0.2, 0.25) is 5.91 Å². The van der Waals surface area contributed by atoms with Gasteiger partial charge in [0.25, 0.3) is 0 Å². The molecule has 1 heterocycles. The number of carbonyl (C=O) groups excluding carboxylic acids is 2. The van der Waals surface area contributed by atoms with Crippen molar-refractivity contribution in [2.75, 3.05) is 26.7 Å². The first-order chi connectivity index (χ1) is 9.06. The maximum atomic E-state index is 11.9. The van der Waals surface area contributed by atoms with E-state index in [4.69, 9.17) is 4.74 Å². The topological polar surface area (TPSA) is 58.6 Å². The number of ether oxygens (including phenoxy) is 1. The number of likely N-dealkylation sites (tertiary alicyclic amines) is 1. The van der Waals surface area contributed by atoms with Crippen LogP contribution < -0.4 is 5.32 Å². The second kappa shape index (κ2) is 8.15. The maximum absolute atomic E-state index is 11.9. The fourth-order valence-corrected chi connectivity index (χ4v) is 2.27. The van der Waals surface area contributed by atoms with Gasteiger partial charge >= 0.3 is 5.97 Å². The van der Waals surface area contributed by atoms with E-state index < -0.39 is 0 Å². The summed E-state index contributed by atoms with van der Waals surface area (Å²) in [6.45, 7) is 6.17. The van der Waals surface area contributed by atoms with Gasteiger partial charge in [-0.3, -0.25) is 9.59 Å². The van der Waals surface area contributed by atoms with Crippen LogP contribution in [0.5, 0.6) is 0 Å². The maximum Gasteiger partial charge on any atom is 0.309 e. The van der Waals surface area contributed by atoms with Gasteiger partial charge in [0, 0.05) is 32.1 Å². The third-order valence-electron chi connectivity index (χ3n) is 3.84. The molecule has 5 nitrogen and oxygen atoms in total. The first-order valence-electron chi connectivity index (χ1n) is 7.15. The fourth-order valence-electron chi connectivity index (χ4n) is 2.27. The van der Waals surface area contributed by atoms with Crippen molar-refractivity contribution in [3.63, 3.8) is 0 Å². The summed E-state index contributed by atoms with van der Waals surface area (Å²) >= 11 is 0. The van der Waals surface area contributed by atoms with Crippen LogP contribution in [0.3, 0.4) is 0 Å². The molecule has 0 saturated carbocycles. The second-order valence-electron chi connectivity index (χ2n) is 5.25. The Bertz CT molecular complexity index is 301. The van der Waals surface area contributed by atoms with Crippen LogP contribution in [0.1, 0.15) is 39.5 Å². The standard InChI is InChI=1S/C14H26N2O3/c1-11(14(18)19-3)12(2)15-8-7-13(17)16-9-5-4-6-10-16/h11-12,15H,4-10H2,1-3H3. The minimum Gasteiger partial charge on any atom is -0.469 e. The molecule has 1 fully saturated rings. The Morgan fingerprint density at radius 1 is 1.21 bits per heavy atom. The highest BCUT2D eigenvalue weighted by Crippen LogP contribution is 2.10. The Hall–Kier alpha value is -1.10. The highest BCUT2D eigenvalue weighted by Gasteiger charge is 2.21. The average Bonchev–Trinajstić information content (AvgIpc) is 2.46. The Labute approximate surface area is 115 Å². The van der Waals surface area contributed by atoms with E-state index in [2.05, 4.69) is 5.32 Å². The molecule has 0 bridgehead atoms. The predicted molar refractivity (Wildman–Crippen MR) is 73.7 cm³/mol. The molecule has 19 heavy (non-hydrogen) atoms. The van der Waals surface area contributed by atoms with E-state index in [1.54, 1.807) is 0 Å². The number of hydrogen-bond donors (Lipinski definition) is 1. The van der Waals surface area contributed by atoms with Crippen molar-refractivity contribution >= 4 is 11.9 Å². The fraction of sp³-hybridized carbons (Fsp3) is 0.857. The zero-order valence-corrected chi connectivity index (χ0v) is 12.3. The van der Waals surface area contributed by atoms with E-state index in [0.29, 0.717) is 13.0 Å². The van der Waals surface area contributed by atoms with Gasteiger partial charge in [0.15, 0.2) is 0 Å². The molecular formula is C14H26N2O3. The number of esters is 1. The SMILES string of the molecule is COC(=O)C(C)C(C)NCCC(=O)N1CCCCC1. The molecule has 1 aliphatic heterocycles. The Kier molecular flexibility index (Phi) is 6.84. The molecule has 0 spiro atoms. The van der Waals surface area contributed by atoms with E-state index in [9.17, 15) is 9.59 Å². The monoisotopic (exact) mass is 270 g/mol.